The third-order valence-electron chi connectivity index (χ3n) is 5.17. The molecule has 0 saturated heterocycles. The van der Waals surface area contributed by atoms with Crippen LogP contribution in [-0.4, -0.2) is 57.4 Å². The van der Waals surface area contributed by atoms with E-state index in [9.17, 15) is 9.90 Å². The van der Waals surface area contributed by atoms with Crippen LogP contribution in [0.5, 0.6) is 11.5 Å². The highest BCUT2D eigenvalue weighted by atomic mass is 35.5. The highest BCUT2D eigenvalue weighted by molar-refractivity contribution is 6.35. The Kier molecular flexibility index (Phi) is 10.8. The van der Waals surface area contributed by atoms with Crippen molar-refractivity contribution in [2.24, 2.45) is 0 Å². The Bertz CT molecular complexity index is 1120. The number of aliphatic hydroxyl groups excluding tert-OH is 1. The summed E-state index contributed by atoms with van der Waals surface area (Å²) in [7, 11) is 2.89. The minimum atomic E-state index is -0.732. The van der Waals surface area contributed by atoms with E-state index in [0.717, 1.165) is 5.56 Å². The fourth-order valence-electron chi connectivity index (χ4n) is 3.31. The van der Waals surface area contributed by atoms with Gasteiger partial charge in [0.25, 0.3) is 0 Å². The number of para-hydroxylation sites is 1. The maximum absolute atomic E-state index is 12.3. The largest absolute Gasteiger partial charge is 0.491 e. The number of ether oxygens (including phenoxy) is 4. The molecule has 3 aromatic rings. The molecule has 0 amide bonds. The first-order chi connectivity index (χ1) is 17.5. The van der Waals surface area contributed by atoms with Gasteiger partial charge in [0.15, 0.2) is 0 Å². The van der Waals surface area contributed by atoms with Gasteiger partial charge >= 0.3 is 5.97 Å². The molecule has 3 rings (SSSR count). The predicted octanol–water partition coefficient (Wildman–Crippen LogP) is 4.43. The van der Waals surface area contributed by atoms with Crippen LogP contribution in [0.1, 0.15) is 11.1 Å². The summed E-state index contributed by atoms with van der Waals surface area (Å²) in [5.41, 5.74) is 1.71. The minimum absolute atomic E-state index is 0.104. The van der Waals surface area contributed by atoms with Crippen molar-refractivity contribution in [3.05, 3.63) is 95.0 Å². The Morgan fingerprint density at radius 3 is 2.31 bits per heavy atom. The molecule has 0 aliphatic carbocycles. The summed E-state index contributed by atoms with van der Waals surface area (Å²) >= 11 is 6.27. The number of halogens is 1. The monoisotopic (exact) mass is 511 g/mol. The summed E-state index contributed by atoms with van der Waals surface area (Å²) in [6, 6.07) is 23.6. The highest BCUT2D eigenvalue weighted by Crippen LogP contribution is 2.27. The average Bonchev–Trinajstić information content (AvgIpc) is 2.91. The van der Waals surface area contributed by atoms with Crippen molar-refractivity contribution in [1.29, 1.82) is 0 Å². The lowest BCUT2D eigenvalue weighted by Gasteiger charge is -2.19. The van der Waals surface area contributed by atoms with E-state index in [1.54, 1.807) is 49.6 Å². The molecule has 3 aromatic carbocycles. The molecule has 0 bridgehead atoms. The van der Waals surface area contributed by atoms with Crippen molar-refractivity contribution in [1.82, 2.24) is 5.32 Å². The van der Waals surface area contributed by atoms with E-state index in [1.807, 2.05) is 42.5 Å². The normalized spacial score (nSPS) is 13.1. The molecule has 2 atom stereocenters. The number of esters is 1. The average molecular weight is 512 g/mol. The summed E-state index contributed by atoms with van der Waals surface area (Å²) in [6.45, 7) is 0.809. The molecule has 8 heteroatoms. The zero-order valence-corrected chi connectivity index (χ0v) is 21.0. The second-order valence-electron chi connectivity index (χ2n) is 7.82. The van der Waals surface area contributed by atoms with Gasteiger partial charge < -0.3 is 29.4 Å². The maximum atomic E-state index is 12.3. The van der Waals surface area contributed by atoms with Crippen LogP contribution in [0.4, 0.5) is 0 Å². The number of hydrogen-bond acceptors (Lipinski definition) is 7. The molecule has 0 fully saturated rings. The summed E-state index contributed by atoms with van der Waals surface area (Å²) in [5.74, 6) is 0.813. The van der Waals surface area contributed by atoms with E-state index in [1.165, 1.54) is 7.11 Å². The number of carbonyl (C=O) groups excluding carboxylic acids is 1. The smallest absolute Gasteiger partial charge is 0.338 e. The minimum Gasteiger partial charge on any atom is -0.491 e. The van der Waals surface area contributed by atoms with Gasteiger partial charge in [-0.1, -0.05) is 60.1 Å². The van der Waals surface area contributed by atoms with Gasteiger partial charge in [0.05, 0.1) is 19.2 Å². The van der Waals surface area contributed by atoms with E-state index in [4.69, 9.17) is 30.5 Å². The van der Waals surface area contributed by atoms with Crippen molar-refractivity contribution in [2.75, 3.05) is 33.9 Å². The summed E-state index contributed by atoms with van der Waals surface area (Å²) in [4.78, 5) is 12.3. The molecule has 0 spiro atoms. The Morgan fingerprint density at radius 2 is 1.64 bits per heavy atom. The Balaban J connectivity index is 1.50. The number of aliphatic hydroxyl groups is 1. The standard InChI is InChI=1S/C28H30ClNO6/c1-33-27(36-23-8-4-3-5-9-23)18-30-17-21(31)19-35-22-14-12-20(13-15-22)16-25(28(32)34-2)24-10-6-7-11-26(24)29/h3-16,21,27,30-31H,17-19H2,1-2H3. The molecule has 0 aromatic heterocycles. The summed E-state index contributed by atoms with van der Waals surface area (Å²) in [5, 5.41) is 13.8. The first-order valence-electron chi connectivity index (χ1n) is 11.4. The van der Waals surface area contributed by atoms with Gasteiger partial charge in [-0.3, -0.25) is 0 Å². The van der Waals surface area contributed by atoms with Crippen LogP contribution >= 0.6 is 11.6 Å². The van der Waals surface area contributed by atoms with Crippen LogP contribution in [0.15, 0.2) is 78.9 Å². The van der Waals surface area contributed by atoms with Crippen LogP contribution in [-0.2, 0) is 14.3 Å². The van der Waals surface area contributed by atoms with E-state index < -0.39 is 18.4 Å². The van der Waals surface area contributed by atoms with Gasteiger partial charge in [-0.25, -0.2) is 4.79 Å². The molecule has 0 saturated carbocycles. The van der Waals surface area contributed by atoms with Crippen molar-refractivity contribution in [3.63, 3.8) is 0 Å². The van der Waals surface area contributed by atoms with Gasteiger partial charge in [-0.05, 0) is 42.0 Å². The second-order valence-corrected chi connectivity index (χ2v) is 8.22. The van der Waals surface area contributed by atoms with Gasteiger partial charge in [0.1, 0.15) is 24.2 Å². The third kappa shape index (κ3) is 8.39. The number of carbonyl (C=O) groups is 1. The molecule has 190 valence electrons. The van der Waals surface area contributed by atoms with Crippen LogP contribution in [0.25, 0.3) is 11.6 Å². The zero-order chi connectivity index (χ0) is 25.8. The second kappa shape index (κ2) is 14.3. The zero-order valence-electron chi connectivity index (χ0n) is 20.2. The maximum Gasteiger partial charge on any atom is 0.338 e. The lowest BCUT2D eigenvalue weighted by molar-refractivity contribution is -0.133. The topological polar surface area (TPSA) is 86.3 Å². The van der Waals surface area contributed by atoms with Crippen LogP contribution in [0, 0.1) is 0 Å². The predicted molar refractivity (Wildman–Crippen MR) is 140 cm³/mol. The lowest BCUT2D eigenvalue weighted by Crippen LogP contribution is -2.38. The molecular weight excluding hydrogens is 482 g/mol. The Morgan fingerprint density at radius 1 is 0.944 bits per heavy atom. The van der Waals surface area contributed by atoms with Crippen molar-refractivity contribution < 1.29 is 28.8 Å². The lowest BCUT2D eigenvalue weighted by atomic mass is 10.0. The molecule has 7 nitrogen and oxygen atoms in total. The number of methoxy groups -OCH3 is 2. The van der Waals surface area contributed by atoms with Gasteiger partial charge in [-0.15, -0.1) is 0 Å². The highest BCUT2D eigenvalue weighted by Gasteiger charge is 2.15. The molecule has 0 heterocycles. The van der Waals surface area contributed by atoms with Crippen molar-refractivity contribution >= 4 is 29.2 Å². The fourth-order valence-corrected chi connectivity index (χ4v) is 3.54. The Labute approximate surface area is 216 Å². The number of hydrogen-bond donors (Lipinski definition) is 2. The van der Waals surface area contributed by atoms with Gasteiger partial charge in [0, 0.05) is 24.2 Å². The molecule has 0 radical (unpaired) electrons. The number of nitrogens with one attached hydrogen (secondary N) is 1. The first kappa shape index (κ1) is 27.2. The fraction of sp³-hybridized carbons (Fsp3) is 0.250. The number of rotatable bonds is 13. The van der Waals surface area contributed by atoms with E-state index >= 15 is 0 Å². The molecule has 2 N–H and O–H groups in total. The molecule has 0 aliphatic rings. The SMILES string of the molecule is COC(=O)C(=Cc1ccc(OCC(O)CNCC(OC)Oc2ccccc2)cc1)c1ccccc1Cl. The molecular formula is C28H30ClNO6. The van der Waals surface area contributed by atoms with E-state index in [-0.39, 0.29) is 6.61 Å². The quantitative estimate of drug-likeness (QED) is 0.152. The third-order valence-corrected chi connectivity index (χ3v) is 5.50. The van der Waals surface area contributed by atoms with Crippen LogP contribution < -0.4 is 14.8 Å². The first-order valence-corrected chi connectivity index (χ1v) is 11.8. The molecule has 2 unspecified atom stereocenters. The van der Waals surface area contributed by atoms with Crippen LogP contribution in [0.3, 0.4) is 0 Å². The Hall–Kier alpha value is -3.36. The summed E-state index contributed by atoms with van der Waals surface area (Å²) < 4.78 is 21.7. The van der Waals surface area contributed by atoms with Gasteiger partial charge in [-0.2, -0.15) is 0 Å². The molecule has 36 heavy (non-hydrogen) atoms. The van der Waals surface area contributed by atoms with Crippen molar-refractivity contribution in [3.8, 4) is 11.5 Å². The van der Waals surface area contributed by atoms with E-state index in [2.05, 4.69) is 5.32 Å². The van der Waals surface area contributed by atoms with E-state index in [0.29, 0.717) is 40.7 Å². The molecule has 0 aliphatic heterocycles. The van der Waals surface area contributed by atoms with Crippen LogP contribution in [0.2, 0.25) is 5.02 Å². The van der Waals surface area contributed by atoms with Gasteiger partial charge in [0.2, 0.25) is 6.29 Å². The summed E-state index contributed by atoms with van der Waals surface area (Å²) in [6.07, 6.45) is 0.492. The number of benzene rings is 3. The van der Waals surface area contributed by atoms with Crippen molar-refractivity contribution in [2.45, 2.75) is 12.4 Å².